The summed E-state index contributed by atoms with van der Waals surface area (Å²) in [4.78, 5) is 53.1. The summed E-state index contributed by atoms with van der Waals surface area (Å²) >= 11 is 0. The van der Waals surface area contributed by atoms with Gasteiger partial charge < -0.3 is 54.1 Å². The first-order chi connectivity index (χ1) is 71.0. The maximum atomic E-state index is 14.8. The van der Waals surface area contributed by atoms with E-state index in [1.807, 2.05) is 14.7 Å². The smallest absolute Gasteiger partial charge is 0.260 e. The third-order valence-electron chi connectivity index (χ3n) is 33.8. The molecule has 6 aliphatic heterocycles. The number of ether oxygens (including phenoxy) is 5. The van der Waals surface area contributed by atoms with E-state index in [1.165, 1.54) is 133 Å². The highest BCUT2D eigenvalue weighted by molar-refractivity contribution is 7.91. The monoisotopic (exact) mass is 2160 g/mol. The molecule has 150 heavy (non-hydrogen) atoms. The summed E-state index contributed by atoms with van der Waals surface area (Å²) in [5.74, 6) is -4.34. The van der Waals surface area contributed by atoms with Gasteiger partial charge in [-0.15, -0.1) is 0 Å². The molecule has 0 spiro atoms. The number of carbonyl (C=O) groups is 3. The van der Waals surface area contributed by atoms with Crippen LogP contribution < -0.4 is 34.3 Å². The Bertz CT molecular complexity index is 5420. The van der Waals surface area contributed by atoms with Gasteiger partial charge in [-0.05, 0) is 378 Å². The summed E-state index contributed by atoms with van der Waals surface area (Å²) in [6, 6.07) is 17.4. The molecule has 6 saturated heterocycles. The van der Waals surface area contributed by atoms with Crippen molar-refractivity contribution < 1.29 is 117 Å². The molecule has 13 fully saturated rings. The number of likely N-dealkylation sites (tertiary alicyclic amines) is 6. The SMILES string of the molecule is CC(F)(F)CN1CCC([C@H]2C[C@H]2CCOc2ccc(C(=O)N3CCCC(C(C)(C)O)C3)c(F)c2)CC1.CC(F)(F)CN1CCC([C@H]2C[C@H]2CCOc2ccc(S(C)(=O)=O)cn2)CC1.CCC(F)(F)CN1CCC([C@H]2C[C@H]2CCOc2ccc(S(C)(=O)=O)c(F)c2)CC1.CCN1CCC([C@H]2C[C@H]2CCOc2cc(F)c(C(=O)NC3CC(F)(F)C3)c(F)c2)CC1.CCN1CCC([C@H]2C[C@H]2CCOc2ccc(C(=O)NC3CC3)c(F)c2)CC1. The Morgan fingerprint density at radius 1 is 0.427 bits per heavy atom. The number of nitrogens with zero attached hydrogens (tertiary/aromatic N) is 7. The predicted molar refractivity (Wildman–Crippen MR) is 549 cm³/mol. The van der Waals surface area contributed by atoms with Gasteiger partial charge in [-0.25, -0.2) is 78.9 Å². The first-order valence-electron chi connectivity index (χ1n) is 55.1. The zero-order chi connectivity index (χ0) is 108. The molecule has 7 heterocycles. The molecule has 1 aromatic heterocycles. The molecule has 4 aromatic carbocycles. The lowest BCUT2D eigenvalue weighted by Gasteiger charge is -2.38. The van der Waals surface area contributed by atoms with E-state index in [0.717, 1.165) is 229 Å². The third-order valence-corrected chi connectivity index (χ3v) is 36.0. The van der Waals surface area contributed by atoms with E-state index in [-0.39, 0.29) is 76.5 Å². The number of benzene rings is 4. The first kappa shape index (κ1) is 118. The van der Waals surface area contributed by atoms with Crippen molar-refractivity contribution in [3.05, 3.63) is 131 Å². The molecular formula is C113H160F13N9O13S2. The predicted octanol–water partition coefficient (Wildman–Crippen LogP) is 21.4. The van der Waals surface area contributed by atoms with E-state index in [9.17, 15) is 93.4 Å². The number of pyridine rings is 1. The summed E-state index contributed by atoms with van der Waals surface area (Å²) < 4.78 is 251. The van der Waals surface area contributed by atoms with E-state index in [1.54, 1.807) is 36.9 Å². The molecule has 0 bridgehead atoms. The van der Waals surface area contributed by atoms with Crippen molar-refractivity contribution in [2.24, 2.45) is 94.7 Å². The topological polar surface area (TPSA) is 242 Å². The van der Waals surface area contributed by atoms with Crippen LogP contribution >= 0.6 is 0 Å². The minimum Gasteiger partial charge on any atom is -0.493 e. The van der Waals surface area contributed by atoms with Crippen LogP contribution in [0, 0.1) is 124 Å². The van der Waals surface area contributed by atoms with Gasteiger partial charge in [-0.1, -0.05) is 20.8 Å². The maximum Gasteiger partial charge on any atom is 0.260 e. The van der Waals surface area contributed by atoms with Crippen LogP contribution in [0.15, 0.2) is 94.9 Å². The van der Waals surface area contributed by atoms with Crippen LogP contribution in [0.5, 0.6) is 28.9 Å². The highest BCUT2D eigenvalue weighted by Crippen LogP contribution is 2.55. The Balaban J connectivity index is 0.000000148. The molecule has 3 N–H and O–H groups in total. The average molecular weight is 2160 g/mol. The Hall–Kier alpha value is -7.81. The van der Waals surface area contributed by atoms with Crippen molar-refractivity contribution >= 4 is 37.4 Å². The van der Waals surface area contributed by atoms with Gasteiger partial charge in [0, 0.05) is 119 Å². The number of aliphatic hydroxyl groups is 1. The van der Waals surface area contributed by atoms with Crippen molar-refractivity contribution in [1.82, 2.24) is 45.0 Å². The molecule has 22 nitrogen and oxygen atoms in total. The van der Waals surface area contributed by atoms with Crippen molar-refractivity contribution in [2.45, 2.75) is 273 Å². The molecule has 3 amide bonds. The van der Waals surface area contributed by atoms with E-state index in [4.69, 9.17) is 23.7 Å². The standard InChI is InChI=1S/C28H41F3N2O3.C23H30F4N2O2.C22H31FN2O2.C21H30F3NO3S.C19H28F2N2O3S/c1-27(2,35)21-5-4-11-33(17-21)26(34)23-7-6-22(16-25(23)29)36-14-10-20-15-24(20)19-8-12-32(13-9-19)18-28(3,30)31;1-2-29-6-3-14(4-7-29)18-9-15(18)5-8-31-17-10-19(24)21(20(25)11-17)22(30)28-16-12-23(26,27)13-16;1-2-25-10-7-15(8-11-25)20-13-16(20)9-12-27-18-5-6-19(21(23)14-18)22(26)24-17-3-4-17;1-3-21(23,24)14-25-9-6-15(7-10-25)18-12-16(18)8-11-28-17-4-5-20(19(22)13-17)29(2,26)27;1-19(20,21)13-23-8-5-14(6-9-23)17-11-15(17)7-10-26-18-4-3-16(12-22-18)27(2,24)25/h6-7,16,19-21,24,35H,4-5,8-15,17-18H2,1-3H3;10-11,14-16,18H,2-9,12-13H2,1H3,(H,28,30);5-6,14-17,20H,2-4,7-13H2,1H3,(H,24,26);4-5,13,15-16,18H,3,6-12,14H2,1-2H3;3-4,12,14-15,17H,5-11,13H2,1-2H3/t20-,21?,24-;15-,18-;16-,20-;16-,18-;15-,17-/m11111/s1. The average Bonchev–Trinajstić information content (AvgIpc) is 1.65. The van der Waals surface area contributed by atoms with Crippen molar-refractivity contribution in [1.29, 1.82) is 0 Å². The molecule has 11 atom stereocenters. The van der Waals surface area contributed by atoms with Gasteiger partial charge in [0.2, 0.25) is 5.88 Å². The quantitative estimate of drug-likeness (QED) is 0.0308. The number of carbonyl (C=O) groups excluding carboxylic acids is 3. The molecule has 18 rings (SSSR count). The normalized spacial score (nSPS) is 25.5. The maximum absolute atomic E-state index is 14.8. The van der Waals surface area contributed by atoms with E-state index in [0.29, 0.717) is 128 Å². The number of piperidine rings is 6. The largest absolute Gasteiger partial charge is 0.493 e. The second kappa shape index (κ2) is 51.9. The zero-order valence-electron chi connectivity index (χ0n) is 88.8. The lowest BCUT2D eigenvalue weighted by molar-refractivity contribution is -0.0902. The van der Waals surface area contributed by atoms with Crippen LogP contribution in [0.1, 0.15) is 253 Å². The lowest BCUT2D eigenvalue weighted by Crippen LogP contribution is -2.50. The Labute approximate surface area is 878 Å². The number of amides is 3. The molecule has 37 heteroatoms. The third kappa shape index (κ3) is 36.1. The van der Waals surface area contributed by atoms with Crippen molar-refractivity contribution in [3.63, 3.8) is 0 Å². The van der Waals surface area contributed by atoms with Crippen LogP contribution in [0.4, 0.5) is 57.1 Å². The van der Waals surface area contributed by atoms with Gasteiger partial charge in [0.1, 0.15) is 62.5 Å². The Kier molecular flexibility index (Phi) is 40.7. The van der Waals surface area contributed by atoms with Gasteiger partial charge in [0.25, 0.3) is 41.4 Å². The fourth-order valence-electron chi connectivity index (χ4n) is 24.1. The van der Waals surface area contributed by atoms with Crippen molar-refractivity contribution in [3.8, 4) is 28.9 Å². The zero-order valence-corrected chi connectivity index (χ0v) is 90.5. The number of hydrogen-bond acceptors (Lipinski definition) is 19. The minimum absolute atomic E-state index is 0.0271. The highest BCUT2D eigenvalue weighted by atomic mass is 32.2. The van der Waals surface area contributed by atoms with Crippen LogP contribution in [0.2, 0.25) is 0 Å². The summed E-state index contributed by atoms with van der Waals surface area (Å²) in [5, 5.41) is 15.4. The Morgan fingerprint density at radius 2 is 0.793 bits per heavy atom. The fourth-order valence-corrected chi connectivity index (χ4v) is 25.4. The molecule has 838 valence electrons. The van der Waals surface area contributed by atoms with E-state index >= 15 is 0 Å². The molecule has 7 aliphatic carbocycles. The molecule has 0 radical (unpaired) electrons. The summed E-state index contributed by atoms with van der Waals surface area (Å²) in [5.41, 5.74) is -1.49. The number of halogens is 13. The number of aromatic nitrogens is 1. The molecule has 13 aliphatic rings. The fraction of sp³-hybridized carbons (Fsp3) is 0.717. The lowest BCUT2D eigenvalue weighted by atomic mass is 9.84. The van der Waals surface area contributed by atoms with Crippen LogP contribution in [-0.4, -0.2) is 272 Å². The minimum atomic E-state index is -3.59. The highest BCUT2D eigenvalue weighted by Gasteiger charge is 2.51. The van der Waals surface area contributed by atoms with Gasteiger partial charge in [0.05, 0.1) is 74.3 Å². The Morgan fingerprint density at radius 3 is 1.14 bits per heavy atom. The van der Waals surface area contributed by atoms with Gasteiger partial charge in [-0.2, -0.15) is 0 Å². The number of nitrogens with one attached hydrogen (secondary N) is 2. The summed E-state index contributed by atoms with van der Waals surface area (Å²) in [6.07, 6.45) is 27.6. The summed E-state index contributed by atoms with van der Waals surface area (Å²) in [7, 11) is -6.83. The number of hydrogen-bond donors (Lipinski definition) is 3. The second-order valence-electron chi connectivity index (χ2n) is 46.2. The summed E-state index contributed by atoms with van der Waals surface area (Å²) in [6.45, 7) is 26.2. The van der Waals surface area contributed by atoms with Gasteiger partial charge in [0.15, 0.2) is 19.7 Å². The van der Waals surface area contributed by atoms with Crippen molar-refractivity contribution in [2.75, 3.05) is 157 Å². The van der Waals surface area contributed by atoms with Gasteiger partial charge >= 0.3 is 0 Å². The van der Waals surface area contributed by atoms with E-state index < -0.39 is 108 Å². The molecule has 1 unspecified atom stereocenters. The van der Waals surface area contributed by atoms with Gasteiger partial charge in [-0.3, -0.25) is 29.1 Å². The first-order valence-corrected chi connectivity index (χ1v) is 58.9. The number of sulfone groups is 2. The van der Waals surface area contributed by atoms with E-state index in [2.05, 4.69) is 39.3 Å². The molecular weight excluding hydrogens is 2000 g/mol. The molecule has 5 aromatic rings. The van der Waals surface area contributed by atoms with Crippen LogP contribution in [0.3, 0.4) is 0 Å². The molecule has 7 saturated carbocycles. The second-order valence-corrected chi connectivity index (χ2v) is 50.2. The van der Waals surface area contributed by atoms with Crippen LogP contribution in [0.25, 0.3) is 0 Å². The number of alkyl halides is 8. The van der Waals surface area contributed by atoms with Crippen LogP contribution in [-0.2, 0) is 19.7 Å². The number of rotatable bonds is 42.